The predicted octanol–water partition coefficient (Wildman–Crippen LogP) is 4.97. The minimum absolute atomic E-state index is 0.194. The second kappa shape index (κ2) is 7.22. The minimum atomic E-state index is 0.194. The highest BCUT2D eigenvalue weighted by atomic mass is 35.5. The van der Waals surface area contributed by atoms with Crippen molar-refractivity contribution in [2.24, 2.45) is 0 Å². The van der Waals surface area contributed by atoms with Gasteiger partial charge >= 0.3 is 0 Å². The Morgan fingerprint density at radius 2 is 1.92 bits per heavy atom. The van der Waals surface area contributed by atoms with Gasteiger partial charge in [-0.2, -0.15) is 0 Å². The molecule has 0 aliphatic carbocycles. The van der Waals surface area contributed by atoms with Crippen molar-refractivity contribution in [2.45, 2.75) is 18.9 Å². The fraction of sp³-hybridized carbons (Fsp3) is 0.200. The molecule has 1 N–H and O–H groups in total. The molecule has 0 radical (unpaired) electrons. The van der Waals surface area contributed by atoms with Gasteiger partial charge in [0.1, 0.15) is 17.3 Å². The van der Waals surface area contributed by atoms with Crippen molar-refractivity contribution in [3.8, 4) is 17.4 Å². The summed E-state index contributed by atoms with van der Waals surface area (Å²) in [6, 6.07) is 14.7. The summed E-state index contributed by atoms with van der Waals surface area (Å²) in [4.78, 5) is 11.1. The Morgan fingerprint density at radius 1 is 1.08 bits per heavy atom. The highest BCUT2D eigenvalue weighted by Crippen LogP contribution is 2.36. The molecule has 1 saturated heterocycles. The van der Waals surface area contributed by atoms with Gasteiger partial charge < -0.3 is 14.7 Å². The number of aromatic nitrogens is 2. The predicted molar refractivity (Wildman–Crippen MR) is 101 cm³/mol. The average Bonchev–Trinajstić information content (AvgIpc) is 3.14. The molecule has 0 amide bonds. The van der Waals surface area contributed by atoms with E-state index in [0.717, 1.165) is 30.8 Å². The molecular weight excluding hydrogens is 350 g/mol. The molecule has 132 valence electrons. The van der Waals surface area contributed by atoms with Gasteiger partial charge in [-0.15, -0.1) is 0 Å². The van der Waals surface area contributed by atoms with E-state index in [9.17, 15) is 5.11 Å². The first kappa shape index (κ1) is 16.7. The van der Waals surface area contributed by atoms with E-state index >= 15 is 0 Å². The summed E-state index contributed by atoms with van der Waals surface area (Å²) in [5, 5.41) is 10.4. The number of aromatic hydroxyl groups is 1. The van der Waals surface area contributed by atoms with Crippen LogP contribution in [0.15, 0.2) is 60.9 Å². The van der Waals surface area contributed by atoms with Gasteiger partial charge in [0.15, 0.2) is 0 Å². The van der Waals surface area contributed by atoms with Crippen LogP contribution in [0.5, 0.6) is 17.4 Å². The molecule has 2 heterocycles. The summed E-state index contributed by atoms with van der Waals surface area (Å²) in [7, 11) is 0. The van der Waals surface area contributed by atoms with Crippen molar-refractivity contribution in [1.82, 2.24) is 9.97 Å². The number of anilines is 1. The SMILES string of the molecule is Oc1cccc([C@H]2CCCN2c2cnc(Oc3ccc(Cl)cc3)cn2)c1. The summed E-state index contributed by atoms with van der Waals surface area (Å²) in [6.07, 6.45) is 5.45. The zero-order valence-electron chi connectivity index (χ0n) is 14.0. The summed E-state index contributed by atoms with van der Waals surface area (Å²) in [5.74, 6) is 2.19. The summed E-state index contributed by atoms with van der Waals surface area (Å²) < 4.78 is 5.69. The first-order chi connectivity index (χ1) is 12.7. The number of nitrogens with zero attached hydrogens (tertiary/aromatic N) is 3. The van der Waals surface area contributed by atoms with E-state index in [0.29, 0.717) is 16.7 Å². The molecule has 1 fully saturated rings. The van der Waals surface area contributed by atoms with E-state index in [-0.39, 0.29) is 11.8 Å². The quantitative estimate of drug-likeness (QED) is 0.705. The lowest BCUT2D eigenvalue weighted by molar-refractivity contribution is 0.460. The molecule has 1 aromatic heterocycles. The van der Waals surface area contributed by atoms with Crippen molar-refractivity contribution < 1.29 is 9.84 Å². The van der Waals surface area contributed by atoms with Crippen molar-refractivity contribution in [3.05, 3.63) is 71.5 Å². The minimum Gasteiger partial charge on any atom is -0.508 e. The lowest BCUT2D eigenvalue weighted by Gasteiger charge is -2.26. The van der Waals surface area contributed by atoms with Crippen LogP contribution in [0.4, 0.5) is 5.82 Å². The first-order valence-corrected chi connectivity index (χ1v) is 8.88. The van der Waals surface area contributed by atoms with E-state index in [1.165, 1.54) is 0 Å². The second-order valence-corrected chi connectivity index (χ2v) is 6.65. The van der Waals surface area contributed by atoms with Gasteiger partial charge in [-0.1, -0.05) is 23.7 Å². The fourth-order valence-corrected chi connectivity index (χ4v) is 3.38. The molecule has 1 atom stereocenters. The van der Waals surface area contributed by atoms with Crippen molar-refractivity contribution in [3.63, 3.8) is 0 Å². The van der Waals surface area contributed by atoms with Crippen LogP contribution in [-0.4, -0.2) is 21.6 Å². The number of ether oxygens (including phenoxy) is 1. The molecule has 0 spiro atoms. The van der Waals surface area contributed by atoms with E-state index in [4.69, 9.17) is 16.3 Å². The molecule has 1 aliphatic heterocycles. The number of halogens is 1. The average molecular weight is 368 g/mol. The van der Waals surface area contributed by atoms with Gasteiger partial charge in [-0.25, -0.2) is 9.97 Å². The van der Waals surface area contributed by atoms with Gasteiger partial charge in [0.2, 0.25) is 5.88 Å². The number of hydrogen-bond donors (Lipinski definition) is 1. The van der Waals surface area contributed by atoms with E-state index in [1.54, 1.807) is 42.7 Å². The maximum absolute atomic E-state index is 9.75. The highest BCUT2D eigenvalue weighted by molar-refractivity contribution is 6.30. The van der Waals surface area contributed by atoms with Gasteiger partial charge in [0.05, 0.1) is 18.4 Å². The topological polar surface area (TPSA) is 58.5 Å². The van der Waals surface area contributed by atoms with Crippen LogP contribution < -0.4 is 9.64 Å². The molecule has 4 rings (SSSR count). The smallest absolute Gasteiger partial charge is 0.237 e. The maximum Gasteiger partial charge on any atom is 0.237 e. The van der Waals surface area contributed by atoms with Crippen LogP contribution in [0.3, 0.4) is 0 Å². The molecule has 0 unspecified atom stereocenters. The maximum atomic E-state index is 9.75. The fourth-order valence-electron chi connectivity index (χ4n) is 3.25. The van der Waals surface area contributed by atoms with Crippen molar-refractivity contribution >= 4 is 17.4 Å². The number of rotatable bonds is 4. The largest absolute Gasteiger partial charge is 0.508 e. The Labute approximate surface area is 156 Å². The third-order valence-corrected chi connectivity index (χ3v) is 4.70. The van der Waals surface area contributed by atoms with Crippen molar-refractivity contribution in [2.75, 3.05) is 11.4 Å². The monoisotopic (exact) mass is 367 g/mol. The Kier molecular flexibility index (Phi) is 4.63. The Bertz CT molecular complexity index is 884. The van der Waals surface area contributed by atoms with Crippen LogP contribution in [0.25, 0.3) is 0 Å². The molecule has 26 heavy (non-hydrogen) atoms. The van der Waals surface area contributed by atoms with Crippen LogP contribution in [0, 0.1) is 0 Å². The third-order valence-electron chi connectivity index (χ3n) is 4.45. The lowest BCUT2D eigenvalue weighted by atomic mass is 10.0. The summed E-state index contributed by atoms with van der Waals surface area (Å²) in [5.41, 5.74) is 1.09. The molecule has 0 bridgehead atoms. The third kappa shape index (κ3) is 3.58. The molecule has 3 aromatic rings. The molecular formula is C20H18ClN3O2. The van der Waals surface area contributed by atoms with Crippen LogP contribution in [0.2, 0.25) is 5.02 Å². The van der Waals surface area contributed by atoms with Crippen LogP contribution in [0.1, 0.15) is 24.4 Å². The molecule has 0 saturated carbocycles. The Balaban J connectivity index is 1.51. The number of benzene rings is 2. The van der Waals surface area contributed by atoms with Crippen LogP contribution >= 0.6 is 11.6 Å². The zero-order chi connectivity index (χ0) is 17.9. The van der Waals surface area contributed by atoms with E-state index in [2.05, 4.69) is 14.9 Å². The van der Waals surface area contributed by atoms with Gasteiger partial charge in [0.25, 0.3) is 0 Å². The van der Waals surface area contributed by atoms with E-state index < -0.39 is 0 Å². The zero-order valence-corrected chi connectivity index (χ0v) is 14.8. The number of phenolic OH excluding ortho intramolecular Hbond substituents is 1. The normalized spacial score (nSPS) is 16.7. The highest BCUT2D eigenvalue weighted by Gasteiger charge is 2.27. The number of phenols is 1. The standard InChI is InChI=1S/C20H18ClN3O2/c21-15-6-8-17(9-7-15)26-20-13-22-19(12-23-20)24-10-2-5-18(24)14-3-1-4-16(25)11-14/h1,3-4,6-9,11-13,18,25H,2,5,10H2/t18-/m1/s1. The molecule has 5 nitrogen and oxygen atoms in total. The van der Waals surface area contributed by atoms with Gasteiger partial charge in [0, 0.05) is 11.6 Å². The molecule has 1 aliphatic rings. The van der Waals surface area contributed by atoms with Crippen molar-refractivity contribution in [1.29, 1.82) is 0 Å². The summed E-state index contributed by atoms with van der Waals surface area (Å²) >= 11 is 5.88. The first-order valence-electron chi connectivity index (χ1n) is 8.50. The Hall–Kier alpha value is -2.79. The van der Waals surface area contributed by atoms with Gasteiger partial charge in [-0.05, 0) is 54.8 Å². The second-order valence-electron chi connectivity index (χ2n) is 6.22. The van der Waals surface area contributed by atoms with Crippen LogP contribution in [-0.2, 0) is 0 Å². The Morgan fingerprint density at radius 3 is 2.65 bits per heavy atom. The molecule has 2 aromatic carbocycles. The number of hydrogen-bond acceptors (Lipinski definition) is 5. The van der Waals surface area contributed by atoms with Gasteiger partial charge in [-0.3, -0.25) is 0 Å². The lowest BCUT2D eigenvalue weighted by Crippen LogP contribution is -2.23. The molecule has 6 heteroatoms. The van der Waals surface area contributed by atoms with E-state index in [1.807, 2.05) is 18.2 Å². The summed E-state index contributed by atoms with van der Waals surface area (Å²) in [6.45, 7) is 0.909.